The molecule has 22 heavy (non-hydrogen) atoms. The summed E-state index contributed by atoms with van der Waals surface area (Å²) in [4.78, 5) is 16.4. The highest BCUT2D eigenvalue weighted by atomic mass is 16.2. The minimum atomic E-state index is -0.0974. The number of aromatic nitrogens is 3. The van der Waals surface area contributed by atoms with Crippen LogP contribution < -0.4 is 11.1 Å². The molecule has 0 aliphatic rings. The lowest BCUT2D eigenvalue weighted by molar-refractivity contribution is -0.122. The van der Waals surface area contributed by atoms with E-state index < -0.39 is 0 Å². The molecule has 0 aliphatic carbocycles. The Balaban J connectivity index is 2.03. The molecule has 3 N–H and O–H groups in total. The van der Waals surface area contributed by atoms with Crippen LogP contribution in [0.4, 0.5) is 5.82 Å². The summed E-state index contributed by atoms with van der Waals surface area (Å²) in [5, 5.41) is 7.27. The summed E-state index contributed by atoms with van der Waals surface area (Å²) in [6.07, 6.45) is 6.55. The molecule has 0 radical (unpaired) electrons. The molecule has 0 saturated carbocycles. The molecule has 0 bridgehead atoms. The maximum Gasteiger partial charge on any atom is 0.242 e. The first kappa shape index (κ1) is 16.0. The van der Waals surface area contributed by atoms with Crippen molar-refractivity contribution in [3.8, 4) is 0 Å². The van der Waals surface area contributed by atoms with E-state index in [0.717, 1.165) is 30.5 Å². The van der Waals surface area contributed by atoms with Crippen molar-refractivity contribution in [1.29, 1.82) is 0 Å². The van der Waals surface area contributed by atoms with Gasteiger partial charge in [0.1, 0.15) is 12.4 Å². The van der Waals surface area contributed by atoms with Gasteiger partial charge in [0.15, 0.2) is 0 Å². The zero-order chi connectivity index (χ0) is 15.9. The van der Waals surface area contributed by atoms with E-state index in [1.807, 2.05) is 19.1 Å². The van der Waals surface area contributed by atoms with Crippen LogP contribution in [-0.4, -0.2) is 20.7 Å². The number of unbranched alkanes of at least 4 members (excludes halogenated alkanes) is 1. The van der Waals surface area contributed by atoms with Gasteiger partial charge in [0.05, 0.1) is 11.7 Å². The third-order valence-corrected chi connectivity index (χ3v) is 3.49. The van der Waals surface area contributed by atoms with E-state index >= 15 is 0 Å². The number of nitrogens with zero attached hydrogens (tertiary/aromatic N) is 3. The van der Waals surface area contributed by atoms with Gasteiger partial charge in [0.2, 0.25) is 5.91 Å². The Morgan fingerprint density at radius 1 is 1.50 bits per heavy atom. The number of hydrogen-bond acceptors (Lipinski definition) is 4. The summed E-state index contributed by atoms with van der Waals surface area (Å²) in [6, 6.07) is 5.59. The molecule has 0 unspecified atom stereocenters. The van der Waals surface area contributed by atoms with Gasteiger partial charge in [0.25, 0.3) is 0 Å². The number of anilines is 1. The number of carbonyl (C=O) groups excluding carboxylic acids is 1. The van der Waals surface area contributed by atoms with Crippen LogP contribution in [0.15, 0.2) is 30.6 Å². The monoisotopic (exact) mass is 301 g/mol. The molecule has 118 valence electrons. The second-order valence-electron chi connectivity index (χ2n) is 5.42. The first-order chi connectivity index (χ1) is 10.6. The van der Waals surface area contributed by atoms with Crippen molar-refractivity contribution in [2.75, 3.05) is 5.73 Å². The molecule has 0 spiro atoms. The number of rotatable bonds is 7. The van der Waals surface area contributed by atoms with Gasteiger partial charge in [-0.25, -0.2) is 4.68 Å². The fourth-order valence-corrected chi connectivity index (χ4v) is 2.38. The SMILES string of the molecule is CCCC[C@@H](NC(=O)Cn1nc(C)cc1N)c1cccnc1. The second-order valence-corrected chi connectivity index (χ2v) is 5.42. The molecule has 1 atom stereocenters. The minimum Gasteiger partial charge on any atom is -0.384 e. The van der Waals surface area contributed by atoms with Gasteiger partial charge < -0.3 is 11.1 Å². The Morgan fingerprint density at radius 2 is 2.32 bits per heavy atom. The van der Waals surface area contributed by atoms with Gasteiger partial charge >= 0.3 is 0 Å². The van der Waals surface area contributed by atoms with Crippen molar-refractivity contribution in [2.45, 2.75) is 45.7 Å². The number of aryl methyl sites for hydroxylation is 1. The lowest BCUT2D eigenvalue weighted by atomic mass is 10.0. The van der Waals surface area contributed by atoms with Crippen LogP contribution in [0.2, 0.25) is 0 Å². The van der Waals surface area contributed by atoms with E-state index in [4.69, 9.17) is 5.73 Å². The highest BCUT2D eigenvalue weighted by Gasteiger charge is 2.15. The molecule has 2 aromatic rings. The van der Waals surface area contributed by atoms with Gasteiger partial charge in [-0.3, -0.25) is 9.78 Å². The number of hydrogen-bond donors (Lipinski definition) is 2. The van der Waals surface area contributed by atoms with Crippen LogP contribution >= 0.6 is 0 Å². The third kappa shape index (κ3) is 4.31. The molecule has 0 fully saturated rings. The molecule has 0 aromatic carbocycles. The number of nitrogen functional groups attached to an aromatic ring is 1. The molecule has 2 rings (SSSR count). The molecule has 6 heteroatoms. The van der Waals surface area contributed by atoms with Crippen molar-refractivity contribution in [2.24, 2.45) is 0 Å². The highest BCUT2D eigenvalue weighted by molar-refractivity contribution is 5.76. The van der Waals surface area contributed by atoms with E-state index in [1.165, 1.54) is 4.68 Å². The van der Waals surface area contributed by atoms with Crippen LogP contribution in [-0.2, 0) is 11.3 Å². The standard InChI is InChI=1S/C16H23N5O/c1-3-4-7-14(13-6-5-8-18-10-13)19-16(22)11-21-15(17)9-12(2)20-21/h5-6,8-10,14H,3-4,7,11,17H2,1-2H3,(H,19,22)/t14-/m1/s1. The van der Waals surface area contributed by atoms with Crippen LogP contribution in [0.5, 0.6) is 0 Å². The Labute approximate surface area is 130 Å². The van der Waals surface area contributed by atoms with Crippen molar-refractivity contribution in [1.82, 2.24) is 20.1 Å². The Kier molecular flexibility index (Phi) is 5.52. The van der Waals surface area contributed by atoms with Crippen molar-refractivity contribution >= 4 is 11.7 Å². The van der Waals surface area contributed by atoms with Gasteiger partial charge in [-0.2, -0.15) is 5.10 Å². The minimum absolute atomic E-state index is 0.0287. The predicted molar refractivity (Wildman–Crippen MR) is 86.0 cm³/mol. The smallest absolute Gasteiger partial charge is 0.242 e. The highest BCUT2D eigenvalue weighted by Crippen LogP contribution is 2.18. The fourth-order valence-electron chi connectivity index (χ4n) is 2.38. The Bertz CT molecular complexity index is 608. The maximum absolute atomic E-state index is 12.3. The van der Waals surface area contributed by atoms with Crippen LogP contribution in [0.3, 0.4) is 0 Å². The molecule has 2 aromatic heterocycles. The largest absolute Gasteiger partial charge is 0.384 e. The quantitative estimate of drug-likeness (QED) is 0.821. The van der Waals surface area contributed by atoms with E-state index in [1.54, 1.807) is 18.5 Å². The second kappa shape index (κ2) is 7.59. The lowest BCUT2D eigenvalue weighted by Gasteiger charge is -2.19. The number of pyridine rings is 1. The molecule has 2 heterocycles. The van der Waals surface area contributed by atoms with E-state index in [2.05, 4.69) is 22.3 Å². The third-order valence-electron chi connectivity index (χ3n) is 3.49. The zero-order valence-electron chi connectivity index (χ0n) is 13.1. The lowest BCUT2D eigenvalue weighted by Crippen LogP contribution is -2.32. The number of nitrogens with one attached hydrogen (secondary N) is 1. The summed E-state index contributed by atoms with van der Waals surface area (Å²) in [7, 11) is 0. The molecular formula is C16H23N5O. The molecule has 0 saturated heterocycles. The maximum atomic E-state index is 12.3. The summed E-state index contributed by atoms with van der Waals surface area (Å²) < 4.78 is 1.52. The summed E-state index contributed by atoms with van der Waals surface area (Å²) >= 11 is 0. The summed E-state index contributed by atoms with van der Waals surface area (Å²) in [6.45, 7) is 4.11. The topological polar surface area (TPSA) is 85.8 Å². The van der Waals surface area contributed by atoms with E-state index in [0.29, 0.717) is 5.82 Å². The van der Waals surface area contributed by atoms with Crippen molar-refractivity contribution in [3.63, 3.8) is 0 Å². The van der Waals surface area contributed by atoms with Crippen molar-refractivity contribution < 1.29 is 4.79 Å². The number of carbonyl (C=O) groups is 1. The first-order valence-electron chi connectivity index (χ1n) is 7.59. The van der Waals surface area contributed by atoms with Crippen LogP contribution in [0.1, 0.15) is 43.5 Å². The van der Waals surface area contributed by atoms with Crippen LogP contribution in [0.25, 0.3) is 0 Å². The van der Waals surface area contributed by atoms with Gasteiger partial charge in [0, 0.05) is 18.5 Å². The van der Waals surface area contributed by atoms with Gasteiger partial charge in [-0.15, -0.1) is 0 Å². The molecular weight excluding hydrogens is 278 g/mol. The first-order valence-corrected chi connectivity index (χ1v) is 7.59. The average Bonchev–Trinajstić information content (AvgIpc) is 2.82. The molecule has 1 amide bonds. The zero-order valence-corrected chi connectivity index (χ0v) is 13.1. The fraction of sp³-hybridized carbons (Fsp3) is 0.438. The molecule has 0 aliphatic heterocycles. The number of nitrogens with two attached hydrogens (primary N) is 1. The number of amides is 1. The predicted octanol–water partition coefficient (Wildman–Crippen LogP) is 2.22. The summed E-state index contributed by atoms with van der Waals surface area (Å²) in [5.74, 6) is 0.402. The van der Waals surface area contributed by atoms with Gasteiger partial charge in [-0.05, 0) is 25.0 Å². The normalized spacial score (nSPS) is 12.1. The van der Waals surface area contributed by atoms with Crippen molar-refractivity contribution in [3.05, 3.63) is 41.9 Å². The summed E-state index contributed by atoms with van der Waals surface area (Å²) in [5.41, 5.74) is 7.65. The molecule has 6 nitrogen and oxygen atoms in total. The van der Waals surface area contributed by atoms with Gasteiger partial charge in [-0.1, -0.05) is 25.8 Å². The van der Waals surface area contributed by atoms with Crippen LogP contribution in [0, 0.1) is 6.92 Å². The Morgan fingerprint density at radius 3 is 2.91 bits per heavy atom. The van der Waals surface area contributed by atoms with E-state index in [9.17, 15) is 4.79 Å². The average molecular weight is 301 g/mol. The Hall–Kier alpha value is -2.37. The van der Waals surface area contributed by atoms with E-state index in [-0.39, 0.29) is 18.5 Å².